The van der Waals surface area contributed by atoms with Crippen LogP contribution in [0.2, 0.25) is 0 Å². The summed E-state index contributed by atoms with van der Waals surface area (Å²) in [5.74, 6) is 0. The summed E-state index contributed by atoms with van der Waals surface area (Å²) in [5.41, 5.74) is 11.3. The summed E-state index contributed by atoms with van der Waals surface area (Å²) in [6.07, 6.45) is 1.97. The lowest BCUT2D eigenvalue weighted by atomic mass is 10.0. The molecule has 3 aromatic rings. The van der Waals surface area contributed by atoms with Crippen LogP contribution >= 0.6 is 0 Å². The summed E-state index contributed by atoms with van der Waals surface area (Å²) in [4.78, 5) is 0. The van der Waals surface area contributed by atoms with Crippen molar-refractivity contribution in [3.05, 3.63) is 66.4 Å². The first-order chi connectivity index (χ1) is 9.78. The van der Waals surface area contributed by atoms with Gasteiger partial charge in [-0.3, -0.25) is 4.68 Å². The standard InChI is InChI=1S/C17H17N3/c1-20-12-16(11-18)17(19-20)15-9-7-14(8-10-15)13-5-3-2-4-6-13/h2-10,12H,11,18H2,1H3. The predicted octanol–water partition coefficient (Wildman–Crippen LogP) is 3.21. The van der Waals surface area contributed by atoms with Gasteiger partial charge in [-0.2, -0.15) is 5.10 Å². The maximum atomic E-state index is 5.77. The van der Waals surface area contributed by atoms with Crippen LogP contribution in [-0.4, -0.2) is 9.78 Å². The van der Waals surface area contributed by atoms with Crippen LogP contribution in [0, 0.1) is 0 Å². The largest absolute Gasteiger partial charge is 0.326 e. The highest BCUT2D eigenvalue weighted by atomic mass is 15.3. The van der Waals surface area contributed by atoms with Crippen LogP contribution in [0.25, 0.3) is 22.4 Å². The van der Waals surface area contributed by atoms with Gasteiger partial charge in [0.2, 0.25) is 0 Å². The molecule has 0 fully saturated rings. The first-order valence-electron chi connectivity index (χ1n) is 6.66. The van der Waals surface area contributed by atoms with Crippen molar-refractivity contribution in [2.75, 3.05) is 0 Å². The van der Waals surface area contributed by atoms with Crippen LogP contribution in [0.1, 0.15) is 5.56 Å². The van der Waals surface area contributed by atoms with Crippen LogP contribution in [0.4, 0.5) is 0 Å². The first-order valence-corrected chi connectivity index (χ1v) is 6.66. The summed E-state index contributed by atoms with van der Waals surface area (Å²) in [5, 5.41) is 4.49. The summed E-state index contributed by atoms with van der Waals surface area (Å²) < 4.78 is 1.81. The number of aryl methyl sites for hydroxylation is 1. The van der Waals surface area contributed by atoms with E-state index in [4.69, 9.17) is 5.73 Å². The van der Waals surface area contributed by atoms with E-state index in [0.717, 1.165) is 16.8 Å². The summed E-state index contributed by atoms with van der Waals surface area (Å²) in [7, 11) is 1.92. The molecule has 0 amide bonds. The average molecular weight is 263 g/mol. The van der Waals surface area contributed by atoms with Gasteiger partial charge in [0.25, 0.3) is 0 Å². The molecule has 0 aliphatic rings. The van der Waals surface area contributed by atoms with E-state index in [-0.39, 0.29) is 0 Å². The molecule has 2 aromatic carbocycles. The van der Waals surface area contributed by atoms with Gasteiger partial charge in [0.15, 0.2) is 0 Å². The fourth-order valence-electron chi connectivity index (χ4n) is 2.38. The van der Waals surface area contributed by atoms with Gasteiger partial charge in [0.1, 0.15) is 0 Å². The molecule has 100 valence electrons. The quantitative estimate of drug-likeness (QED) is 0.788. The number of nitrogens with two attached hydrogens (primary N) is 1. The van der Waals surface area contributed by atoms with E-state index >= 15 is 0 Å². The van der Waals surface area contributed by atoms with E-state index in [9.17, 15) is 0 Å². The molecule has 1 heterocycles. The molecule has 0 bridgehead atoms. The number of hydrogen-bond acceptors (Lipinski definition) is 2. The molecular weight excluding hydrogens is 246 g/mol. The third-order valence-electron chi connectivity index (χ3n) is 3.39. The molecule has 20 heavy (non-hydrogen) atoms. The van der Waals surface area contributed by atoms with Gasteiger partial charge in [-0.1, -0.05) is 54.6 Å². The molecule has 0 atom stereocenters. The molecule has 3 heteroatoms. The van der Waals surface area contributed by atoms with Crippen LogP contribution in [-0.2, 0) is 13.6 Å². The molecule has 1 aromatic heterocycles. The van der Waals surface area contributed by atoms with Gasteiger partial charge in [-0.05, 0) is 11.1 Å². The molecule has 2 N–H and O–H groups in total. The number of hydrogen-bond donors (Lipinski definition) is 1. The van der Waals surface area contributed by atoms with Gasteiger partial charge in [-0.15, -0.1) is 0 Å². The second-order valence-corrected chi connectivity index (χ2v) is 4.82. The highest BCUT2D eigenvalue weighted by Gasteiger charge is 2.08. The number of rotatable bonds is 3. The van der Waals surface area contributed by atoms with Crippen molar-refractivity contribution in [1.82, 2.24) is 9.78 Å². The lowest BCUT2D eigenvalue weighted by Crippen LogP contribution is -1.96. The van der Waals surface area contributed by atoms with Gasteiger partial charge in [0.05, 0.1) is 5.69 Å². The minimum Gasteiger partial charge on any atom is -0.326 e. The Hall–Kier alpha value is -2.39. The summed E-state index contributed by atoms with van der Waals surface area (Å²) in [6, 6.07) is 18.8. The third kappa shape index (κ3) is 2.36. The zero-order chi connectivity index (χ0) is 13.9. The Kier molecular flexibility index (Phi) is 3.35. The van der Waals surface area contributed by atoms with Crippen LogP contribution in [0.15, 0.2) is 60.8 Å². The van der Waals surface area contributed by atoms with Crippen molar-refractivity contribution in [3.8, 4) is 22.4 Å². The molecule has 0 aliphatic heterocycles. The Labute approximate surface area is 118 Å². The second kappa shape index (κ2) is 5.31. The van der Waals surface area contributed by atoms with E-state index < -0.39 is 0 Å². The van der Waals surface area contributed by atoms with E-state index in [1.54, 1.807) is 0 Å². The smallest absolute Gasteiger partial charge is 0.0967 e. The molecule has 3 rings (SSSR count). The molecule has 0 spiro atoms. The van der Waals surface area contributed by atoms with E-state index in [1.807, 2.05) is 24.0 Å². The van der Waals surface area contributed by atoms with E-state index in [2.05, 4.69) is 53.6 Å². The minimum absolute atomic E-state index is 0.504. The van der Waals surface area contributed by atoms with Gasteiger partial charge >= 0.3 is 0 Å². The zero-order valence-electron chi connectivity index (χ0n) is 11.5. The highest BCUT2D eigenvalue weighted by Crippen LogP contribution is 2.25. The fourth-order valence-corrected chi connectivity index (χ4v) is 2.38. The lowest BCUT2D eigenvalue weighted by Gasteiger charge is -2.04. The van der Waals surface area contributed by atoms with Gasteiger partial charge in [0, 0.05) is 30.9 Å². The SMILES string of the molecule is Cn1cc(CN)c(-c2ccc(-c3ccccc3)cc2)n1. The van der Waals surface area contributed by atoms with Crippen LogP contribution in [0.5, 0.6) is 0 Å². The van der Waals surface area contributed by atoms with Crippen LogP contribution in [0.3, 0.4) is 0 Å². The van der Waals surface area contributed by atoms with Crippen molar-refractivity contribution in [3.63, 3.8) is 0 Å². The molecule has 3 nitrogen and oxygen atoms in total. The van der Waals surface area contributed by atoms with Crippen molar-refractivity contribution >= 4 is 0 Å². The van der Waals surface area contributed by atoms with E-state index in [0.29, 0.717) is 6.54 Å². The predicted molar refractivity (Wildman–Crippen MR) is 82.0 cm³/mol. The molecule has 0 aliphatic carbocycles. The van der Waals surface area contributed by atoms with Crippen molar-refractivity contribution in [1.29, 1.82) is 0 Å². The first kappa shape index (κ1) is 12.6. The van der Waals surface area contributed by atoms with Crippen molar-refractivity contribution in [2.45, 2.75) is 6.54 Å². The molecule has 0 radical (unpaired) electrons. The highest BCUT2D eigenvalue weighted by molar-refractivity contribution is 5.70. The molecule has 0 unspecified atom stereocenters. The van der Waals surface area contributed by atoms with Crippen molar-refractivity contribution < 1.29 is 0 Å². The Morgan fingerprint density at radius 3 is 2.15 bits per heavy atom. The third-order valence-corrected chi connectivity index (χ3v) is 3.39. The number of nitrogens with zero attached hydrogens (tertiary/aromatic N) is 2. The topological polar surface area (TPSA) is 43.8 Å². The minimum atomic E-state index is 0.504. The van der Waals surface area contributed by atoms with Crippen LogP contribution < -0.4 is 5.73 Å². The Morgan fingerprint density at radius 1 is 0.900 bits per heavy atom. The Balaban J connectivity index is 1.97. The van der Waals surface area contributed by atoms with Crippen molar-refractivity contribution in [2.24, 2.45) is 12.8 Å². The molecular formula is C17H17N3. The van der Waals surface area contributed by atoms with E-state index in [1.165, 1.54) is 11.1 Å². The molecule has 0 saturated heterocycles. The maximum Gasteiger partial charge on any atom is 0.0967 e. The zero-order valence-corrected chi connectivity index (χ0v) is 11.5. The normalized spacial score (nSPS) is 10.7. The van der Waals surface area contributed by atoms with Gasteiger partial charge in [-0.25, -0.2) is 0 Å². The lowest BCUT2D eigenvalue weighted by molar-refractivity contribution is 0.769. The second-order valence-electron chi connectivity index (χ2n) is 4.82. The fraction of sp³-hybridized carbons (Fsp3) is 0.118. The average Bonchev–Trinajstić information content (AvgIpc) is 2.89. The van der Waals surface area contributed by atoms with Gasteiger partial charge < -0.3 is 5.73 Å². The molecule has 0 saturated carbocycles. The Bertz CT molecular complexity index is 697. The number of aromatic nitrogens is 2. The summed E-state index contributed by atoms with van der Waals surface area (Å²) >= 11 is 0. The maximum absolute atomic E-state index is 5.77. The monoisotopic (exact) mass is 263 g/mol. The Morgan fingerprint density at radius 2 is 1.50 bits per heavy atom. The number of benzene rings is 2. The summed E-state index contributed by atoms with van der Waals surface area (Å²) in [6.45, 7) is 0.504.